The molecule has 10 heteroatoms. The molecule has 0 aromatic heterocycles. The molecule has 70 valence electrons. The molecule has 0 saturated carbocycles. The predicted octanol–water partition coefficient (Wildman–Crippen LogP) is -0.574. The van der Waals surface area contributed by atoms with Gasteiger partial charge in [-0.3, -0.25) is 9.11 Å². The van der Waals surface area contributed by atoms with Gasteiger partial charge in [0.2, 0.25) is 0 Å². The van der Waals surface area contributed by atoms with E-state index in [0.29, 0.717) is 0 Å². The van der Waals surface area contributed by atoms with Crippen LogP contribution in [0.25, 0.3) is 0 Å². The molecule has 0 atom stereocenters. The van der Waals surface area contributed by atoms with Gasteiger partial charge in [0.1, 0.15) is 0 Å². The van der Waals surface area contributed by atoms with Crippen molar-refractivity contribution in [1.82, 2.24) is 0 Å². The second kappa shape index (κ2) is 17.0. The summed E-state index contributed by atoms with van der Waals surface area (Å²) in [6, 6.07) is 0. The van der Waals surface area contributed by atoms with Gasteiger partial charge < -0.3 is 0 Å². The molecule has 0 unspecified atom stereocenters. The summed E-state index contributed by atoms with van der Waals surface area (Å²) in [5.41, 5.74) is 0. The van der Waals surface area contributed by atoms with E-state index < -0.39 is 10.4 Å². The Morgan fingerprint density at radius 3 is 0.900 bits per heavy atom. The Morgan fingerprint density at radius 1 is 0.900 bits per heavy atom. The van der Waals surface area contributed by atoms with Crippen LogP contribution in [-0.2, 0) is 27.5 Å². The van der Waals surface area contributed by atoms with Crippen LogP contribution in [0.5, 0.6) is 0 Å². The van der Waals surface area contributed by atoms with Crippen LogP contribution in [0.1, 0.15) is 0 Å². The largest absolute Gasteiger partial charge is 0.394 e. The van der Waals surface area contributed by atoms with Crippen LogP contribution in [0, 0.1) is 0 Å². The van der Waals surface area contributed by atoms with E-state index in [1.807, 2.05) is 0 Å². The Balaban J connectivity index is -0.00000000800. The first kappa shape index (κ1) is 40.9. The number of hydrogen-bond donors (Lipinski definition) is 2. The predicted molar refractivity (Wildman–Crippen MR) is 45.9 cm³/mol. The van der Waals surface area contributed by atoms with Gasteiger partial charge in [0.25, 0.3) is 0 Å². The fourth-order valence-electron chi connectivity index (χ4n) is 0. The summed E-state index contributed by atoms with van der Waals surface area (Å²) in [6.07, 6.45) is 0. The Labute approximate surface area is 98.9 Å². The fourth-order valence-corrected chi connectivity index (χ4v) is 0. The van der Waals surface area contributed by atoms with Crippen LogP contribution < -0.4 is 0 Å². The monoisotopic (exact) mass is 292 g/mol. The molecule has 0 aromatic carbocycles. The molecule has 0 aliphatic rings. The maximum absolute atomic E-state index is 8.74. The van der Waals surface area contributed by atoms with Crippen molar-refractivity contribution >= 4 is 65.0 Å². The zero-order chi connectivity index (χ0) is 4.50. The van der Waals surface area contributed by atoms with E-state index in [1.54, 1.807) is 0 Å². The fraction of sp³-hybridized carbons (Fsp3) is 0. The molecule has 0 spiro atoms. The van der Waals surface area contributed by atoms with Crippen LogP contribution >= 0.6 is 37.2 Å². The Kier molecular flexibility index (Phi) is 69.8. The van der Waals surface area contributed by atoms with Crippen molar-refractivity contribution < 1.29 is 34.6 Å². The third-order valence-electron chi connectivity index (χ3n) is 0. The van der Waals surface area contributed by atoms with Gasteiger partial charge in [0, 0.05) is 17.1 Å². The summed E-state index contributed by atoms with van der Waals surface area (Å²) >= 11 is 0. The molecule has 0 radical (unpaired) electrons. The van der Waals surface area contributed by atoms with E-state index in [9.17, 15) is 0 Å². The number of rotatable bonds is 0. The van der Waals surface area contributed by atoms with E-state index in [-0.39, 0.29) is 71.7 Å². The molecule has 0 rings (SSSR count). The van der Waals surface area contributed by atoms with Gasteiger partial charge >= 0.3 is 10.4 Å². The molecule has 2 N–H and O–H groups in total. The average molecular weight is 293 g/mol. The Morgan fingerprint density at radius 2 is 0.900 bits per heavy atom. The van der Waals surface area contributed by atoms with E-state index in [1.165, 1.54) is 0 Å². The molecule has 0 aliphatic carbocycles. The van der Waals surface area contributed by atoms with Gasteiger partial charge in [-0.2, -0.15) is 8.42 Å². The topological polar surface area (TPSA) is 74.6 Å². The van der Waals surface area contributed by atoms with Crippen molar-refractivity contribution in [2.24, 2.45) is 0 Å². The molecule has 0 saturated heterocycles. The summed E-state index contributed by atoms with van der Waals surface area (Å²) in [5.74, 6) is 0. The minimum absolute atomic E-state index is 0. The van der Waals surface area contributed by atoms with Crippen LogP contribution in [0.3, 0.4) is 0 Å². The normalized spacial score (nSPS) is 5.80. The molecular weight excluding hydrogens is 285 g/mol. The zero-order valence-corrected chi connectivity index (χ0v) is 8.07. The van der Waals surface area contributed by atoms with E-state index in [0.717, 1.165) is 0 Å². The third kappa shape index (κ3) is 236. The standard InChI is InChI=1S/Al.3ClH.Fe.H2O4S.3H/c;;;;;1-5(2,3)4;;;/h;3*1H;;(H2,1,2,3,4);;;. The molecule has 0 aliphatic heterocycles. The third-order valence-corrected chi connectivity index (χ3v) is 0. The molecular formula is H8AlCl3FeO4S. The van der Waals surface area contributed by atoms with Gasteiger partial charge in [0.05, 0.1) is 0 Å². The van der Waals surface area contributed by atoms with Crippen molar-refractivity contribution in [2.45, 2.75) is 0 Å². The number of hydrogen-bond acceptors (Lipinski definition) is 2. The second-order valence-corrected chi connectivity index (χ2v) is 1.34. The molecule has 0 amide bonds. The number of halogens is 3. The van der Waals surface area contributed by atoms with Crippen molar-refractivity contribution in [3.63, 3.8) is 0 Å². The van der Waals surface area contributed by atoms with Crippen LogP contribution in [0.4, 0.5) is 0 Å². The smallest absolute Gasteiger partial charge is 0.264 e. The summed E-state index contributed by atoms with van der Waals surface area (Å²) < 4.78 is 31.6. The maximum atomic E-state index is 8.74. The van der Waals surface area contributed by atoms with Gasteiger partial charge in [-0.1, -0.05) is 0 Å². The van der Waals surface area contributed by atoms with Crippen molar-refractivity contribution in [3.8, 4) is 0 Å². The van der Waals surface area contributed by atoms with Gasteiger partial charge in [-0.15, -0.1) is 37.2 Å². The van der Waals surface area contributed by atoms with Gasteiger partial charge in [-0.25, -0.2) is 0 Å². The average Bonchev–Trinajstić information content (AvgIpc) is 0.722. The molecule has 0 bridgehead atoms. The first-order valence-electron chi connectivity index (χ1n) is 0.698. The van der Waals surface area contributed by atoms with Crippen molar-refractivity contribution in [2.75, 3.05) is 0 Å². The summed E-state index contributed by atoms with van der Waals surface area (Å²) in [4.78, 5) is 0. The minimum atomic E-state index is -4.67. The molecule has 10 heavy (non-hydrogen) atoms. The van der Waals surface area contributed by atoms with Crippen molar-refractivity contribution in [3.05, 3.63) is 0 Å². The summed E-state index contributed by atoms with van der Waals surface area (Å²) in [6.45, 7) is 0. The molecule has 0 aromatic rings. The van der Waals surface area contributed by atoms with E-state index in [2.05, 4.69) is 0 Å². The van der Waals surface area contributed by atoms with Gasteiger partial charge in [-0.05, 0) is 0 Å². The molecule has 4 nitrogen and oxygen atoms in total. The quantitative estimate of drug-likeness (QED) is 0.463. The Bertz CT molecular complexity index is 104. The maximum Gasteiger partial charge on any atom is 0.394 e. The van der Waals surface area contributed by atoms with Crippen molar-refractivity contribution in [1.29, 1.82) is 0 Å². The van der Waals surface area contributed by atoms with E-state index >= 15 is 0 Å². The van der Waals surface area contributed by atoms with Crippen LogP contribution in [0.2, 0.25) is 0 Å². The van der Waals surface area contributed by atoms with Crippen LogP contribution in [-0.4, -0.2) is 34.9 Å². The molecule has 0 heterocycles. The Hall–Kier alpha value is 1.79. The minimum Gasteiger partial charge on any atom is -0.264 e. The zero-order valence-electron chi connectivity index (χ0n) is 3.70. The van der Waals surface area contributed by atoms with Crippen LogP contribution in [0.15, 0.2) is 0 Å². The van der Waals surface area contributed by atoms with E-state index in [4.69, 9.17) is 17.5 Å². The first-order chi connectivity index (χ1) is 2.00. The summed E-state index contributed by atoms with van der Waals surface area (Å²) in [7, 11) is -4.67. The second-order valence-electron chi connectivity index (χ2n) is 0.448. The first-order valence-corrected chi connectivity index (χ1v) is 2.10. The SMILES string of the molecule is Cl.Cl.Cl.O=S(=O)(O)O.[AlH3].[Fe]. The summed E-state index contributed by atoms with van der Waals surface area (Å²) in [5, 5.41) is 0. The van der Waals surface area contributed by atoms with Gasteiger partial charge in [0.15, 0.2) is 17.4 Å². The molecule has 0 fully saturated rings.